The minimum Gasteiger partial charge on any atom is -0.382 e. The lowest BCUT2D eigenvalue weighted by atomic mass is 10.0. The Morgan fingerprint density at radius 3 is 3.00 bits per heavy atom. The first-order valence-corrected chi connectivity index (χ1v) is 7.76. The van der Waals surface area contributed by atoms with Crippen molar-refractivity contribution in [3.05, 3.63) is 0 Å². The Hall–Kier alpha value is -0.420. The summed E-state index contributed by atoms with van der Waals surface area (Å²) in [7, 11) is 0. The molecule has 0 aromatic carbocycles. The Kier molecular flexibility index (Phi) is 3.97. The van der Waals surface area contributed by atoms with Crippen LogP contribution in [-0.2, 0) is 0 Å². The molecule has 5 heteroatoms. The van der Waals surface area contributed by atoms with Crippen molar-refractivity contribution in [2.24, 2.45) is 5.92 Å². The highest BCUT2D eigenvalue weighted by Gasteiger charge is 2.20. The fourth-order valence-corrected chi connectivity index (χ4v) is 3.88. The minimum absolute atomic E-state index is 0.699. The molecule has 0 amide bonds. The highest BCUT2D eigenvalue weighted by Crippen LogP contribution is 2.38. The van der Waals surface area contributed by atoms with Crippen LogP contribution in [0.1, 0.15) is 26.2 Å². The van der Waals surface area contributed by atoms with E-state index in [9.17, 15) is 0 Å². The second-order valence-electron chi connectivity index (χ2n) is 4.43. The zero-order valence-electron chi connectivity index (χ0n) is 9.90. The molecule has 2 rings (SSSR count). The van der Waals surface area contributed by atoms with Gasteiger partial charge in [-0.25, -0.2) is 0 Å². The zero-order chi connectivity index (χ0) is 11.5. The molecular weight excluding hydrogens is 238 g/mol. The second-order valence-corrected chi connectivity index (χ2v) is 6.00. The first-order chi connectivity index (χ1) is 7.72. The van der Waals surface area contributed by atoms with E-state index < -0.39 is 0 Å². The maximum atomic E-state index is 5.88. The molecule has 1 fully saturated rings. The number of nitrogens with two attached hydrogens (primary N) is 1. The van der Waals surface area contributed by atoms with E-state index in [2.05, 4.69) is 22.5 Å². The smallest absolute Gasteiger partial charge is 0.153 e. The van der Waals surface area contributed by atoms with E-state index in [4.69, 9.17) is 5.73 Å². The maximum Gasteiger partial charge on any atom is 0.153 e. The summed E-state index contributed by atoms with van der Waals surface area (Å²) in [6, 6.07) is 0. The normalized spacial score (nSPS) is 22.1. The van der Waals surface area contributed by atoms with Crippen molar-refractivity contribution in [1.82, 2.24) is 4.37 Å². The van der Waals surface area contributed by atoms with E-state index in [-0.39, 0.29) is 0 Å². The van der Waals surface area contributed by atoms with Crippen molar-refractivity contribution in [3.8, 4) is 0 Å². The summed E-state index contributed by atoms with van der Waals surface area (Å²) in [4.78, 5) is 3.63. The lowest BCUT2D eigenvalue weighted by Crippen LogP contribution is -2.23. The van der Waals surface area contributed by atoms with Crippen LogP contribution in [0.3, 0.4) is 0 Å². The number of hydrogen-bond acceptors (Lipinski definition) is 5. The number of rotatable bonds is 2. The van der Waals surface area contributed by atoms with Crippen molar-refractivity contribution in [1.29, 1.82) is 0 Å². The summed E-state index contributed by atoms with van der Waals surface area (Å²) in [5.41, 5.74) is 5.88. The van der Waals surface area contributed by atoms with Gasteiger partial charge in [0, 0.05) is 13.1 Å². The number of nitrogen functional groups attached to an aromatic ring is 1. The summed E-state index contributed by atoms with van der Waals surface area (Å²) in [6.07, 6.45) is 5.99. The number of aromatic nitrogens is 1. The lowest BCUT2D eigenvalue weighted by Gasteiger charge is -2.21. The molecule has 0 aliphatic carbocycles. The molecular formula is C11H19N3S2. The van der Waals surface area contributed by atoms with Crippen molar-refractivity contribution in [3.63, 3.8) is 0 Å². The highest BCUT2D eigenvalue weighted by atomic mass is 32.2. The van der Waals surface area contributed by atoms with Crippen LogP contribution in [-0.4, -0.2) is 23.7 Å². The van der Waals surface area contributed by atoms with Gasteiger partial charge in [-0.15, -0.1) is 11.8 Å². The molecule has 0 saturated carbocycles. The molecule has 2 heterocycles. The van der Waals surface area contributed by atoms with Crippen LogP contribution >= 0.6 is 23.3 Å². The van der Waals surface area contributed by atoms with Crippen LogP contribution in [0.4, 0.5) is 10.8 Å². The van der Waals surface area contributed by atoms with E-state index in [1.54, 1.807) is 23.3 Å². The van der Waals surface area contributed by atoms with E-state index in [1.807, 2.05) is 0 Å². The summed E-state index contributed by atoms with van der Waals surface area (Å²) >= 11 is 3.26. The first-order valence-electron chi connectivity index (χ1n) is 5.76. The lowest BCUT2D eigenvalue weighted by molar-refractivity contribution is 0.521. The van der Waals surface area contributed by atoms with Crippen LogP contribution in [0.15, 0.2) is 4.90 Å². The number of anilines is 2. The van der Waals surface area contributed by atoms with Gasteiger partial charge in [-0.3, -0.25) is 0 Å². The molecule has 1 aliphatic heterocycles. The first kappa shape index (κ1) is 12.0. The molecule has 0 bridgehead atoms. The molecule has 1 aromatic heterocycles. The van der Waals surface area contributed by atoms with Crippen LogP contribution in [0.25, 0.3) is 0 Å². The van der Waals surface area contributed by atoms with Gasteiger partial charge in [0.2, 0.25) is 0 Å². The molecule has 0 spiro atoms. The maximum absolute atomic E-state index is 5.88. The Morgan fingerprint density at radius 1 is 1.44 bits per heavy atom. The summed E-state index contributed by atoms with van der Waals surface area (Å²) < 4.78 is 4.27. The Labute approximate surface area is 106 Å². The summed E-state index contributed by atoms with van der Waals surface area (Å²) in [6.45, 7) is 4.65. The summed E-state index contributed by atoms with van der Waals surface area (Å²) in [5.74, 6) is 1.55. The predicted octanol–water partition coefficient (Wildman–Crippen LogP) is 3.07. The van der Waals surface area contributed by atoms with Crippen molar-refractivity contribution in [2.45, 2.75) is 31.1 Å². The van der Waals surface area contributed by atoms with Gasteiger partial charge in [-0.1, -0.05) is 6.92 Å². The molecule has 1 aliphatic rings. The minimum atomic E-state index is 0.699. The highest BCUT2D eigenvalue weighted by molar-refractivity contribution is 7.99. The van der Waals surface area contributed by atoms with E-state index in [0.717, 1.165) is 19.0 Å². The van der Waals surface area contributed by atoms with Gasteiger partial charge in [0.25, 0.3) is 0 Å². The fourth-order valence-electron chi connectivity index (χ4n) is 2.14. The van der Waals surface area contributed by atoms with Gasteiger partial charge in [-0.05, 0) is 43.0 Å². The molecule has 2 N–H and O–H groups in total. The van der Waals surface area contributed by atoms with Crippen molar-refractivity contribution >= 4 is 34.1 Å². The predicted molar refractivity (Wildman–Crippen MR) is 73.5 cm³/mol. The van der Waals surface area contributed by atoms with E-state index in [0.29, 0.717) is 5.82 Å². The standard InChI is InChI=1S/C11H19N3S2/c1-8-4-3-6-14(7-5-8)11-9(15-2)10(12)13-16-11/h8H,3-7H2,1-2H3,(H2,12,13). The Morgan fingerprint density at radius 2 is 2.25 bits per heavy atom. The molecule has 0 radical (unpaired) electrons. The van der Waals surface area contributed by atoms with Crippen LogP contribution in [0.2, 0.25) is 0 Å². The van der Waals surface area contributed by atoms with E-state index >= 15 is 0 Å². The average molecular weight is 257 g/mol. The van der Waals surface area contributed by atoms with Gasteiger partial charge in [0.1, 0.15) is 5.00 Å². The van der Waals surface area contributed by atoms with Crippen LogP contribution in [0.5, 0.6) is 0 Å². The Balaban J connectivity index is 2.16. The molecule has 1 unspecified atom stereocenters. The second kappa shape index (κ2) is 5.27. The number of hydrogen-bond donors (Lipinski definition) is 1. The van der Waals surface area contributed by atoms with Crippen LogP contribution in [0, 0.1) is 5.92 Å². The molecule has 1 aromatic rings. The van der Waals surface area contributed by atoms with Gasteiger partial charge in [0.15, 0.2) is 5.82 Å². The third kappa shape index (κ3) is 2.46. The number of thioether (sulfide) groups is 1. The van der Waals surface area contributed by atoms with E-state index in [1.165, 1.54) is 29.2 Å². The monoisotopic (exact) mass is 257 g/mol. The third-order valence-electron chi connectivity index (χ3n) is 3.17. The Bertz CT molecular complexity index is 351. The molecule has 1 saturated heterocycles. The van der Waals surface area contributed by atoms with Crippen LogP contribution < -0.4 is 10.6 Å². The van der Waals surface area contributed by atoms with Gasteiger partial charge in [-0.2, -0.15) is 4.37 Å². The average Bonchev–Trinajstić information content (AvgIpc) is 2.50. The fraction of sp³-hybridized carbons (Fsp3) is 0.727. The molecule has 3 nitrogen and oxygen atoms in total. The van der Waals surface area contributed by atoms with Gasteiger partial charge in [0.05, 0.1) is 4.90 Å². The van der Waals surface area contributed by atoms with Crippen molar-refractivity contribution < 1.29 is 0 Å². The molecule has 90 valence electrons. The number of nitrogens with zero attached hydrogens (tertiary/aromatic N) is 2. The molecule has 1 atom stereocenters. The van der Waals surface area contributed by atoms with Gasteiger partial charge >= 0.3 is 0 Å². The van der Waals surface area contributed by atoms with Crippen molar-refractivity contribution in [2.75, 3.05) is 30.0 Å². The quantitative estimate of drug-likeness (QED) is 0.827. The topological polar surface area (TPSA) is 42.1 Å². The largest absolute Gasteiger partial charge is 0.382 e. The third-order valence-corrected chi connectivity index (χ3v) is 5.03. The molecule has 16 heavy (non-hydrogen) atoms. The zero-order valence-corrected chi connectivity index (χ0v) is 11.5. The van der Waals surface area contributed by atoms with Gasteiger partial charge < -0.3 is 10.6 Å². The SMILES string of the molecule is CSc1c(N)nsc1N1CCCC(C)CC1. The summed E-state index contributed by atoms with van der Waals surface area (Å²) in [5, 5.41) is 1.28.